The summed E-state index contributed by atoms with van der Waals surface area (Å²) < 4.78 is 8.05. The van der Waals surface area contributed by atoms with Crippen LogP contribution in [0.25, 0.3) is 39.3 Å². The van der Waals surface area contributed by atoms with Gasteiger partial charge in [-0.15, -0.1) is 4.74 Å². The molecule has 4 heterocycles. The number of carbonyl (C=O) groups excluding carboxylic acids is 2. The molecule has 0 unspecified atom stereocenters. The first kappa shape index (κ1) is 66.2. The molecule has 0 saturated heterocycles. The van der Waals surface area contributed by atoms with Crippen molar-refractivity contribution in [3.63, 3.8) is 0 Å². The number of aryl methyl sites for hydroxylation is 5. The molecule has 0 amide bonds. The number of benzene rings is 4. The normalized spacial score (nSPS) is 14.9. The van der Waals surface area contributed by atoms with Crippen molar-refractivity contribution in [3.05, 3.63) is 187 Å². The maximum absolute atomic E-state index is 13.1. The van der Waals surface area contributed by atoms with E-state index in [0.717, 1.165) is 77.0 Å². The van der Waals surface area contributed by atoms with Crippen LogP contribution >= 0.6 is 0 Å². The Morgan fingerprint density at radius 3 is 1.18 bits per heavy atom. The zero-order chi connectivity index (χ0) is 61.2. The van der Waals surface area contributed by atoms with Crippen LogP contribution in [-0.4, -0.2) is 74.2 Å². The number of Topliss-reactive ketones (excluding diaryl/α,β-unsaturated/α-hetero) is 1. The number of amidine groups is 1. The van der Waals surface area contributed by atoms with Crippen molar-refractivity contribution in [1.82, 2.24) is 29.1 Å². The van der Waals surface area contributed by atoms with Gasteiger partial charge in [0.25, 0.3) is 5.54 Å². The predicted octanol–water partition coefficient (Wildman–Crippen LogP) is 16.2. The Morgan fingerprint density at radius 1 is 0.548 bits per heavy atom. The quantitative estimate of drug-likeness (QED) is 0.0264. The van der Waals surface area contributed by atoms with E-state index in [1.807, 2.05) is 46.8 Å². The van der Waals surface area contributed by atoms with Crippen LogP contribution in [0.1, 0.15) is 203 Å². The SMILES string of the molecule is CCCCCC.Cc1cc(-c2ccc(C(C)C)cc2)nn1[BH-](n1nc(-c2ccc(C(C)C)cc2)cc1C)n1nc(-c2ccc(C(C)C)cc2)cc1C.Cc1cc(C2=CC(=O)C(=O)C(C(C)(C)C)=C2)cc(C)c1C1=[N+]([O-])C(C)(C)C(C)(C)[N+]1=O.[Zn]. The molecule has 3 aromatic heterocycles. The van der Waals surface area contributed by atoms with Crippen molar-refractivity contribution in [1.29, 1.82) is 0 Å². The van der Waals surface area contributed by atoms with Gasteiger partial charge in [0, 0.05) is 74.3 Å². The van der Waals surface area contributed by atoms with Crippen molar-refractivity contribution < 1.29 is 38.6 Å². The Labute approximate surface area is 514 Å². The van der Waals surface area contributed by atoms with Gasteiger partial charge in [-0.2, -0.15) is 0 Å². The Balaban J connectivity index is 0.000000258. The second kappa shape index (κ2) is 26.6. The Bertz CT molecular complexity index is 3360. The number of ketones is 2. The molecule has 84 heavy (non-hydrogen) atoms. The molecule has 0 atom stereocenters. The van der Waals surface area contributed by atoms with Crippen molar-refractivity contribution in [2.45, 2.75) is 193 Å². The van der Waals surface area contributed by atoms with Gasteiger partial charge in [0.2, 0.25) is 17.1 Å². The van der Waals surface area contributed by atoms with Crippen LogP contribution in [0, 0.1) is 50.1 Å². The topological polar surface area (TPSA) is 134 Å². The summed E-state index contributed by atoms with van der Waals surface area (Å²) in [5.74, 6) is 0.549. The van der Waals surface area contributed by atoms with Crippen molar-refractivity contribution in [2.24, 2.45) is 5.41 Å². The number of hydrogen-bond donors (Lipinski definition) is 0. The Morgan fingerprint density at radius 2 is 0.893 bits per heavy atom. The monoisotopic (exact) mass is 1180 g/mol. The molecule has 0 bridgehead atoms. The zero-order valence-corrected chi connectivity index (χ0v) is 57.1. The molecule has 0 fully saturated rings. The van der Waals surface area contributed by atoms with E-state index >= 15 is 0 Å². The third kappa shape index (κ3) is 13.8. The zero-order valence-electron chi connectivity index (χ0n) is 54.2. The van der Waals surface area contributed by atoms with Crippen LogP contribution in [0.15, 0.2) is 121 Å². The van der Waals surface area contributed by atoms with Gasteiger partial charge in [0.15, 0.2) is 0 Å². The molecule has 4 aromatic carbocycles. The van der Waals surface area contributed by atoms with Crippen LogP contribution in [0.3, 0.4) is 0 Å². The Kier molecular flexibility index (Phi) is 20.9. The number of unbranched alkanes of at least 4 members (excludes halogenated alkanes) is 3. The second-order valence-corrected chi connectivity index (χ2v) is 26.1. The number of hydrogen-bond acceptors (Lipinski definition) is 7. The smallest absolute Gasteiger partial charge is 0.505 e. The molecule has 0 N–H and O–H groups in total. The predicted molar refractivity (Wildman–Crippen MR) is 344 cm³/mol. The van der Waals surface area contributed by atoms with E-state index < -0.39 is 35.2 Å². The largest absolute Gasteiger partial charge is 0.618 e. The number of nitroso groups, excluding NO2 is 1. The molecule has 0 saturated carbocycles. The molecule has 7 aromatic rings. The van der Waals surface area contributed by atoms with Gasteiger partial charge in [-0.3, -0.25) is 9.59 Å². The summed E-state index contributed by atoms with van der Waals surface area (Å²) in [4.78, 5) is 37.8. The van der Waals surface area contributed by atoms with Crippen molar-refractivity contribution in [2.75, 3.05) is 0 Å². The van der Waals surface area contributed by atoms with Crippen LogP contribution in [0.4, 0.5) is 0 Å². The van der Waals surface area contributed by atoms with E-state index in [-0.39, 0.29) is 25.3 Å². The molecule has 440 valence electrons. The van der Waals surface area contributed by atoms with Crippen LogP contribution in [0.2, 0.25) is 0 Å². The number of aromatic nitrogens is 6. The minimum absolute atomic E-state index is 0. The number of carbonyl (C=O) groups is 2. The summed E-state index contributed by atoms with van der Waals surface area (Å²) in [6.45, 7) is 40.7. The molecule has 1 aliphatic heterocycles. The third-order valence-corrected chi connectivity index (χ3v) is 17.2. The maximum Gasteiger partial charge on any atom is 0.505 e. The molecular weight excluding hydrogens is 1090 g/mol. The van der Waals surface area contributed by atoms with E-state index in [1.54, 1.807) is 33.8 Å². The third-order valence-electron chi connectivity index (χ3n) is 17.2. The first-order valence-corrected chi connectivity index (χ1v) is 30.1. The molecule has 1 aliphatic carbocycles. The summed E-state index contributed by atoms with van der Waals surface area (Å²) in [6, 6.07) is 36.6. The molecule has 0 spiro atoms. The minimum atomic E-state index is -1.61. The van der Waals surface area contributed by atoms with Gasteiger partial charge in [0.1, 0.15) is 10.3 Å². The summed E-state index contributed by atoms with van der Waals surface area (Å²) in [5, 5.41) is 28.9. The molecule has 9 rings (SSSR count). The van der Waals surface area contributed by atoms with Crippen molar-refractivity contribution in [3.8, 4) is 33.8 Å². The van der Waals surface area contributed by atoms with Gasteiger partial charge in [-0.25, -0.2) is 15.3 Å². The number of nitrogens with zero attached hydrogens (tertiary/aromatic N) is 8. The Hall–Kier alpha value is -6.91. The first-order valence-electron chi connectivity index (χ1n) is 30.1. The minimum Gasteiger partial charge on any atom is -0.618 e. The average Bonchev–Trinajstić information content (AvgIpc) is 2.56. The number of allylic oxidation sites excluding steroid dienone is 4. The van der Waals surface area contributed by atoms with Crippen LogP contribution in [0.5, 0.6) is 0 Å². The number of rotatable bonds is 14. The van der Waals surface area contributed by atoms with E-state index in [9.17, 15) is 19.7 Å². The average molecular weight is 1180 g/mol. The van der Waals surface area contributed by atoms with Crippen molar-refractivity contribution >= 4 is 30.1 Å². The van der Waals surface area contributed by atoms with Gasteiger partial charge >= 0.3 is 13.0 Å². The molecular formula is C70H91BN8O4Zn. The van der Waals surface area contributed by atoms with Gasteiger partial charge in [-0.1, -0.05) is 187 Å². The van der Waals surface area contributed by atoms with E-state index in [0.29, 0.717) is 34.5 Å². The van der Waals surface area contributed by atoms with Gasteiger partial charge < -0.3 is 19.0 Å². The first-order chi connectivity index (χ1) is 38.9. The van der Waals surface area contributed by atoms with Crippen LogP contribution < -0.4 is 0 Å². The molecule has 2 aliphatic rings. The molecule has 12 nitrogen and oxygen atoms in total. The summed E-state index contributed by atoms with van der Waals surface area (Å²) in [5.41, 5.74) is 15.1. The number of hydroxylamine groups is 1. The van der Waals surface area contributed by atoms with Gasteiger partial charge in [0.05, 0.1) is 17.1 Å². The maximum atomic E-state index is 13.1. The standard InChI is InChI=1S/C39H46BN6.C25H31N2O4.C6H14.Zn/c1-25(2)31-10-16-34(17-11-31)37-22-28(7)44(41-37)40(45-29(8)23-38(42-45)35-18-12-32(13-19-35)26(3)4)46-30(9)24-39(43-46)36-20-14-33(15-21-36)27(5)6;1-14-10-16(17-12-18(23(3,4)5)21(29)19(28)13-17)11-15(2)20(14)22-26(30)24(6,7)25(8,9)27(22)31;1-3-5-6-4-2;/h10-27,40H,1-9H3;10-13H,1-9H3;3-6H2,1-2H3;/q-1;+1;;. The van der Waals surface area contributed by atoms with E-state index in [1.165, 1.54) is 48.4 Å². The van der Waals surface area contributed by atoms with E-state index in [2.05, 4.69) is 181 Å². The molecule has 0 radical (unpaired) electrons. The summed E-state index contributed by atoms with van der Waals surface area (Å²) in [6.07, 6.45) is 8.67. The van der Waals surface area contributed by atoms with E-state index in [4.69, 9.17) is 15.3 Å². The van der Waals surface area contributed by atoms with Gasteiger partial charge in [-0.05, 0) is 144 Å². The fourth-order valence-corrected chi connectivity index (χ4v) is 10.9. The second-order valence-electron chi connectivity index (χ2n) is 26.1. The van der Waals surface area contributed by atoms with Crippen LogP contribution in [-0.2, 0) is 29.1 Å². The fraction of sp³-hybridized carbons (Fsp3) is 0.429. The summed E-state index contributed by atoms with van der Waals surface area (Å²) >= 11 is 0. The fourth-order valence-electron chi connectivity index (χ4n) is 10.9. The summed E-state index contributed by atoms with van der Waals surface area (Å²) in [7, 11) is -1.61. The molecule has 14 heteroatoms.